The van der Waals surface area contributed by atoms with E-state index in [1.54, 1.807) is 18.7 Å². The Morgan fingerprint density at radius 3 is 2.06 bits per heavy atom. The first-order chi connectivity index (χ1) is 15.6. The molecule has 0 unspecified atom stereocenters. The Kier molecular flexibility index (Phi) is 5.75. The first kappa shape index (κ1) is 22.6. The van der Waals surface area contributed by atoms with Crippen LogP contribution in [0.4, 0.5) is 10.5 Å². The van der Waals surface area contributed by atoms with Crippen molar-refractivity contribution >= 4 is 17.6 Å². The summed E-state index contributed by atoms with van der Waals surface area (Å²) in [7, 11) is 0. The van der Waals surface area contributed by atoms with E-state index in [9.17, 15) is 9.59 Å². The van der Waals surface area contributed by atoms with Gasteiger partial charge >= 0.3 is 6.03 Å². The van der Waals surface area contributed by atoms with E-state index in [4.69, 9.17) is 4.74 Å². The zero-order valence-corrected chi connectivity index (χ0v) is 19.8. The van der Waals surface area contributed by atoms with E-state index in [-0.39, 0.29) is 23.9 Å². The summed E-state index contributed by atoms with van der Waals surface area (Å²) in [5, 5.41) is 0. The molecule has 0 radical (unpaired) electrons. The van der Waals surface area contributed by atoms with Crippen LogP contribution in [-0.4, -0.2) is 22.4 Å². The fraction of sp³-hybridized carbons (Fsp3) is 0.286. The average molecular weight is 443 g/mol. The second-order valence-electron chi connectivity index (χ2n) is 9.89. The van der Waals surface area contributed by atoms with Gasteiger partial charge in [-0.05, 0) is 55.2 Å². The number of benzene rings is 3. The predicted octanol–water partition coefficient (Wildman–Crippen LogP) is 6.52. The molecule has 5 heteroatoms. The van der Waals surface area contributed by atoms with Crippen molar-refractivity contribution in [2.75, 3.05) is 4.90 Å². The molecule has 170 valence electrons. The molecule has 1 heterocycles. The van der Waals surface area contributed by atoms with Gasteiger partial charge in [-0.3, -0.25) is 4.79 Å². The van der Waals surface area contributed by atoms with Crippen molar-refractivity contribution in [3.63, 3.8) is 0 Å². The third kappa shape index (κ3) is 4.36. The standard InChI is InChI=1S/C28H30N2O3/c1-27(2,3)21-15-17-22(18-16-21)30-25(31)28(4,5)29(26(30)32)19-20-11-9-10-14-24(20)33-23-12-7-6-8-13-23/h6-18H,19H2,1-5H3. The molecule has 4 rings (SSSR count). The zero-order valence-electron chi connectivity index (χ0n) is 19.8. The van der Waals surface area contributed by atoms with Crippen LogP contribution < -0.4 is 9.64 Å². The molecular weight excluding hydrogens is 412 g/mol. The van der Waals surface area contributed by atoms with Crippen LogP contribution in [0.1, 0.15) is 45.7 Å². The van der Waals surface area contributed by atoms with Crippen molar-refractivity contribution in [2.24, 2.45) is 0 Å². The molecule has 0 aliphatic carbocycles. The minimum atomic E-state index is -0.986. The number of carbonyl (C=O) groups is 2. The Bertz CT molecular complexity index is 1160. The lowest BCUT2D eigenvalue weighted by Crippen LogP contribution is -2.43. The first-order valence-electron chi connectivity index (χ1n) is 11.2. The van der Waals surface area contributed by atoms with Gasteiger partial charge < -0.3 is 9.64 Å². The van der Waals surface area contributed by atoms with E-state index in [0.717, 1.165) is 11.1 Å². The highest BCUT2D eigenvalue weighted by Crippen LogP contribution is 2.36. The number of nitrogens with zero attached hydrogens (tertiary/aromatic N) is 2. The summed E-state index contributed by atoms with van der Waals surface area (Å²) < 4.78 is 6.07. The van der Waals surface area contributed by atoms with Crippen LogP contribution in [0.25, 0.3) is 0 Å². The fourth-order valence-electron chi connectivity index (χ4n) is 3.96. The molecule has 1 aliphatic heterocycles. The number of amides is 3. The second-order valence-corrected chi connectivity index (χ2v) is 9.89. The van der Waals surface area contributed by atoms with E-state index in [1.807, 2.05) is 78.9 Å². The molecule has 3 aromatic rings. The maximum absolute atomic E-state index is 13.5. The van der Waals surface area contributed by atoms with Gasteiger partial charge in [0.25, 0.3) is 5.91 Å². The molecule has 0 N–H and O–H groups in total. The molecule has 3 amide bonds. The molecular formula is C28H30N2O3. The number of carbonyl (C=O) groups excluding carboxylic acids is 2. The van der Waals surface area contributed by atoms with Crippen molar-refractivity contribution in [1.82, 2.24) is 4.90 Å². The summed E-state index contributed by atoms with van der Waals surface area (Å²) >= 11 is 0. The Labute approximate surface area is 195 Å². The van der Waals surface area contributed by atoms with E-state index >= 15 is 0 Å². The minimum absolute atomic E-state index is 0.00860. The van der Waals surface area contributed by atoms with E-state index in [0.29, 0.717) is 17.2 Å². The number of hydrogen-bond acceptors (Lipinski definition) is 3. The lowest BCUT2D eigenvalue weighted by Gasteiger charge is -2.28. The topological polar surface area (TPSA) is 49.9 Å². The quantitative estimate of drug-likeness (QED) is 0.423. The fourth-order valence-corrected chi connectivity index (χ4v) is 3.96. The van der Waals surface area contributed by atoms with Crippen molar-refractivity contribution < 1.29 is 14.3 Å². The Balaban J connectivity index is 1.62. The maximum Gasteiger partial charge on any atom is 0.332 e. The normalized spacial score (nSPS) is 15.8. The summed E-state index contributed by atoms with van der Waals surface area (Å²) in [6.07, 6.45) is 0. The van der Waals surface area contributed by atoms with Crippen LogP contribution in [0.2, 0.25) is 0 Å². The van der Waals surface area contributed by atoms with Crippen LogP contribution >= 0.6 is 0 Å². The average Bonchev–Trinajstić information content (AvgIpc) is 2.94. The van der Waals surface area contributed by atoms with Crippen LogP contribution in [0.15, 0.2) is 78.9 Å². The van der Waals surface area contributed by atoms with Gasteiger partial charge in [0.05, 0.1) is 12.2 Å². The van der Waals surface area contributed by atoms with E-state index in [1.165, 1.54) is 4.90 Å². The number of urea groups is 1. The van der Waals surface area contributed by atoms with Crippen molar-refractivity contribution in [3.8, 4) is 11.5 Å². The van der Waals surface area contributed by atoms with Gasteiger partial charge in [0.15, 0.2) is 0 Å². The molecule has 0 spiro atoms. The Morgan fingerprint density at radius 1 is 0.818 bits per heavy atom. The number of hydrogen-bond donors (Lipinski definition) is 0. The summed E-state index contributed by atoms with van der Waals surface area (Å²) in [4.78, 5) is 29.7. The minimum Gasteiger partial charge on any atom is -0.457 e. The molecule has 0 saturated carbocycles. The number of imide groups is 1. The molecule has 33 heavy (non-hydrogen) atoms. The number of anilines is 1. The summed E-state index contributed by atoms with van der Waals surface area (Å²) in [5.41, 5.74) is 1.57. The molecule has 0 bridgehead atoms. The Hall–Kier alpha value is -3.60. The third-order valence-corrected chi connectivity index (χ3v) is 6.09. The van der Waals surface area contributed by atoms with Gasteiger partial charge in [-0.15, -0.1) is 0 Å². The van der Waals surface area contributed by atoms with Gasteiger partial charge in [-0.2, -0.15) is 0 Å². The molecule has 0 atom stereocenters. The molecule has 1 fully saturated rings. The third-order valence-electron chi connectivity index (χ3n) is 6.09. The van der Waals surface area contributed by atoms with Crippen LogP contribution in [0.5, 0.6) is 11.5 Å². The molecule has 0 aromatic heterocycles. The maximum atomic E-state index is 13.5. The predicted molar refractivity (Wildman–Crippen MR) is 131 cm³/mol. The van der Waals surface area contributed by atoms with Crippen molar-refractivity contribution in [3.05, 3.63) is 90.0 Å². The second kappa shape index (κ2) is 8.39. The highest BCUT2D eigenvalue weighted by molar-refractivity contribution is 6.22. The largest absolute Gasteiger partial charge is 0.457 e. The highest BCUT2D eigenvalue weighted by atomic mass is 16.5. The molecule has 3 aromatic carbocycles. The Morgan fingerprint density at radius 2 is 1.42 bits per heavy atom. The van der Waals surface area contributed by atoms with E-state index < -0.39 is 5.54 Å². The zero-order chi connectivity index (χ0) is 23.8. The molecule has 1 saturated heterocycles. The SMILES string of the molecule is CC(C)(C)c1ccc(N2C(=O)N(Cc3ccccc3Oc3ccccc3)C(C)(C)C2=O)cc1. The monoisotopic (exact) mass is 442 g/mol. The van der Waals surface area contributed by atoms with Crippen LogP contribution in [0, 0.1) is 0 Å². The lowest BCUT2D eigenvalue weighted by molar-refractivity contribution is -0.123. The van der Waals surface area contributed by atoms with Crippen LogP contribution in [0.3, 0.4) is 0 Å². The van der Waals surface area contributed by atoms with Gasteiger partial charge in [0, 0.05) is 5.56 Å². The van der Waals surface area contributed by atoms with Crippen LogP contribution in [-0.2, 0) is 16.8 Å². The summed E-state index contributed by atoms with van der Waals surface area (Å²) in [6.45, 7) is 10.2. The smallest absolute Gasteiger partial charge is 0.332 e. The van der Waals surface area contributed by atoms with E-state index in [2.05, 4.69) is 20.8 Å². The van der Waals surface area contributed by atoms with Gasteiger partial charge in [-0.1, -0.05) is 69.3 Å². The first-order valence-corrected chi connectivity index (χ1v) is 11.2. The highest BCUT2D eigenvalue weighted by Gasteiger charge is 2.51. The molecule has 1 aliphatic rings. The van der Waals surface area contributed by atoms with Gasteiger partial charge in [-0.25, -0.2) is 9.69 Å². The molecule has 5 nitrogen and oxygen atoms in total. The van der Waals surface area contributed by atoms with Crippen molar-refractivity contribution in [2.45, 2.75) is 52.1 Å². The lowest BCUT2D eigenvalue weighted by atomic mass is 9.87. The van der Waals surface area contributed by atoms with Gasteiger partial charge in [0.1, 0.15) is 17.0 Å². The number of para-hydroxylation sites is 2. The summed E-state index contributed by atoms with van der Waals surface area (Å²) in [6, 6.07) is 24.4. The summed E-state index contributed by atoms with van der Waals surface area (Å²) in [5.74, 6) is 1.14. The van der Waals surface area contributed by atoms with Gasteiger partial charge in [0.2, 0.25) is 0 Å². The number of rotatable bonds is 5. The van der Waals surface area contributed by atoms with Crippen molar-refractivity contribution in [1.29, 1.82) is 0 Å². The number of ether oxygens (including phenoxy) is 1.